The van der Waals surface area contributed by atoms with Crippen molar-refractivity contribution in [3.05, 3.63) is 22.3 Å². The number of nitrogens with two attached hydrogens (primary N) is 1. The monoisotopic (exact) mass is 485 g/mol. The molecule has 0 aromatic carbocycles. The Hall–Kier alpha value is -2.29. The van der Waals surface area contributed by atoms with Crippen molar-refractivity contribution in [2.75, 3.05) is 30.5 Å². The molecule has 2 saturated heterocycles. The summed E-state index contributed by atoms with van der Waals surface area (Å²) in [5, 5.41) is 25.9. The number of thiazole rings is 1. The van der Waals surface area contributed by atoms with Gasteiger partial charge in [0.1, 0.15) is 22.8 Å². The predicted molar refractivity (Wildman–Crippen MR) is 116 cm³/mol. The molecule has 166 valence electrons. The zero-order chi connectivity index (χ0) is 22.1. The van der Waals surface area contributed by atoms with Gasteiger partial charge < -0.3 is 26.1 Å². The first-order valence-corrected chi connectivity index (χ1v) is 12.2. The molecule has 4 heterocycles. The number of oxime groups is 1. The molecule has 0 radical (unpaired) electrons. The first-order valence-electron chi connectivity index (χ1n) is 9.24. The Balaban J connectivity index is 1.45. The maximum Gasteiger partial charge on any atom is 0.352 e. The quantitative estimate of drug-likeness (QED) is 0.181. The summed E-state index contributed by atoms with van der Waals surface area (Å²) >= 11 is 4.09. The van der Waals surface area contributed by atoms with E-state index in [9.17, 15) is 24.7 Å². The zero-order valence-electron chi connectivity index (χ0n) is 16.0. The van der Waals surface area contributed by atoms with E-state index in [0.29, 0.717) is 35.5 Å². The third-order valence-electron chi connectivity index (χ3n) is 5.00. The Kier molecular flexibility index (Phi) is 6.41. The second-order valence-electron chi connectivity index (χ2n) is 6.93. The van der Waals surface area contributed by atoms with E-state index in [0.717, 1.165) is 17.8 Å². The summed E-state index contributed by atoms with van der Waals surface area (Å²) in [5.41, 5.74) is 5.92. The Morgan fingerprint density at radius 2 is 2.29 bits per heavy atom. The average Bonchev–Trinajstić information content (AvgIpc) is 3.42. The first-order chi connectivity index (χ1) is 14.9. The van der Waals surface area contributed by atoms with Gasteiger partial charge in [0, 0.05) is 28.7 Å². The molecule has 0 bridgehead atoms. The largest absolute Gasteiger partial charge is 0.477 e. The van der Waals surface area contributed by atoms with Crippen molar-refractivity contribution >= 4 is 63.5 Å². The molecule has 11 nitrogen and oxygen atoms in total. The van der Waals surface area contributed by atoms with Gasteiger partial charge in [-0.2, -0.15) is 11.8 Å². The van der Waals surface area contributed by atoms with Crippen LogP contribution in [0.1, 0.15) is 12.1 Å². The van der Waals surface area contributed by atoms with Crippen LogP contribution in [0, 0.1) is 0 Å². The number of rotatable bonds is 7. The minimum atomic E-state index is -1.17. The van der Waals surface area contributed by atoms with Crippen molar-refractivity contribution in [1.82, 2.24) is 15.2 Å². The summed E-state index contributed by atoms with van der Waals surface area (Å²) in [7, 11) is 0. The number of aromatic nitrogens is 1. The van der Waals surface area contributed by atoms with E-state index < -0.39 is 29.2 Å². The van der Waals surface area contributed by atoms with Crippen LogP contribution in [0.15, 0.2) is 21.8 Å². The van der Waals surface area contributed by atoms with Gasteiger partial charge in [-0.15, -0.1) is 23.1 Å². The molecule has 14 heteroatoms. The standard InChI is InChI=1S/C17H19N5O6S3/c18-17-19-9(6-31-17)10(21-27)13(23)20-11-14(24)22-12(16(25)26)7(5-30-15(11)22)4-29-8-1-2-28-3-8/h6,8,11,15,27H,1-5H2,(H2,18,19)(H,20,23)(H,25,26)/t8?,11-,15-/m1/s1. The van der Waals surface area contributed by atoms with Crippen LogP contribution in [0.2, 0.25) is 0 Å². The normalized spacial score (nSPS) is 25.9. The number of carboxylic acid groups (broad SMARTS) is 1. The van der Waals surface area contributed by atoms with E-state index in [4.69, 9.17) is 10.5 Å². The second kappa shape index (κ2) is 9.06. The van der Waals surface area contributed by atoms with Crippen LogP contribution in [0.3, 0.4) is 0 Å². The molecule has 5 N–H and O–H groups in total. The van der Waals surface area contributed by atoms with Gasteiger partial charge in [0.25, 0.3) is 11.8 Å². The Labute approximate surface area is 189 Å². The number of hydrogen-bond donors (Lipinski definition) is 4. The number of amides is 2. The van der Waals surface area contributed by atoms with Gasteiger partial charge in [-0.3, -0.25) is 14.5 Å². The highest BCUT2D eigenvalue weighted by Crippen LogP contribution is 2.41. The lowest BCUT2D eigenvalue weighted by molar-refractivity contribution is -0.150. The average molecular weight is 486 g/mol. The predicted octanol–water partition coefficient (Wildman–Crippen LogP) is 0.164. The molecule has 31 heavy (non-hydrogen) atoms. The molecule has 0 spiro atoms. The minimum absolute atomic E-state index is 0.0195. The van der Waals surface area contributed by atoms with Crippen molar-refractivity contribution in [2.24, 2.45) is 5.16 Å². The molecule has 4 rings (SSSR count). The van der Waals surface area contributed by atoms with E-state index in [1.165, 1.54) is 22.0 Å². The number of anilines is 1. The number of nitrogen functional groups attached to an aromatic ring is 1. The Morgan fingerprint density at radius 3 is 2.90 bits per heavy atom. The topological polar surface area (TPSA) is 167 Å². The van der Waals surface area contributed by atoms with Gasteiger partial charge in [-0.05, 0) is 12.0 Å². The van der Waals surface area contributed by atoms with Crippen LogP contribution >= 0.6 is 34.9 Å². The van der Waals surface area contributed by atoms with Crippen LogP contribution in [-0.2, 0) is 19.1 Å². The molecular formula is C17H19N5O6S3. The van der Waals surface area contributed by atoms with Gasteiger partial charge in [0.2, 0.25) is 0 Å². The summed E-state index contributed by atoms with van der Waals surface area (Å²) < 4.78 is 5.35. The molecule has 1 unspecified atom stereocenters. The number of ether oxygens (including phenoxy) is 1. The number of carboxylic acids is 1. The van der Waals surface area contributed by atoms with Crippen molar-refractivity contribution < 1.29 is 29.4 Å². The Bertz CT molecular complexity index is 973. The number of nitrogens with one attached hydrogen (secondary N) is 1. The minimum Gasteiger partial charge on any atom is -0.477 e. The highest BCUT2D eigenvalue weighted by Gasteiger charge is 2.54. The molecule has 0 aliphatic carbocycles. The van der Waals surface area contributed by atoms with Crippen LogP contribution in [0.5, 0.6) is 0 Å². The fourth-order valence-electron chi connectivity index (χ4n) is 3.48. The number of aliphatic carboxylic acids is 1. The number of β-lactam (4-membered cyclic amide) rings is 1. The fraction of sp³-hybridized carbons (Fsp3) is 0.471. The second-order valence-corrected chi connectivity index (χ2v) is 10.2. The van der Waals surface area contributed by atoms with Crippen LogP contribution in [-0.4, -0.2) is 85.1 Å². The lowest BCUT2D eigenvalue weighted by Gasteiger charge is -2.49. The number of carbonyl (C=O) groups excluding carboxylic acids is 2. The van der Waals surface area contributed by atoms with Gasteiger partial charge in [0.05, 0.1) is 6.61 Å². The third-order valence-corrected chi connectivity index (χ3v) is 8.37. The lowest BCUT2D eigenvalue weighted by Crippen LogP contribution is -2.71. The van der Waals surface area contributed by atoms with Crippen molar-refractivity contribution in [2.45, 2.75) is 23.1 Å². The molecule has 3 atom stereocenters. The van der Waals surface area contributed by atoms with E-state index in [1.54, 1.807) is 11.8 Å². The molecule has 1 aromatic rings. The Morgan fingerprint density at radius 1 is 1.48 bits per heavy atom. The molecule has 3 aliphatic rings. The van der Waals surface area contributed by atoms with E-state index >= 15 is 0 Å². The third kappa shape index (κ3) is 4.24. The van der Waals surface area contributed by atoms with E-state index in [1.807, 2.05) is 0 Å². The number of carbonyl (C=O) groups is 3. The van der Waals surface area contributed by atoms with Crippen molar-refractivity contribution in [3.63, 3.8) is 0 Å². The first kappa shape index (κ1) is 21.9. The molecule has 2 amide bonds. The van der Waals surface area contributed by atoms with Gasteiger partial charge in [-0.1, -0.05) is 5.16 Å². The molecule has 1 aromatic heterocycles. The van der Waals surface area contributed by atoms with Crippen LogP contribution in [0.4, 0.5) is 5.13 Å². The summed E-state index contributed by atoms with van der Waals surface area (Å²) in [6.45, 7) is 1.35. The van der Waals surface area contributed by atoms with Gasteiger partial charge in [-0.25, -0.2) is 9.78 Å². The maximum atomic E-state index is 12.7. The summed E-state index contributed by atoms with van der Waals surface area (Å²) in [5.74, 6) is -1.55. The van der Waals surface area contributed by atoms with Crippen molar-refractivity contribution in [3.8, 4) is 0 Å². The highest BCUT2D eigenvalue weighted by molar-refractivity contribution is 8.01. The molecule has 3 aliphatic heterocycles. The number of nitrogens with zero attached hydrogens (tertiary/aromatic N) is 3. The van der Waals surface area contributed by atoms with Crippen LogP contribution < -0.4 is 11.1 Å². The number of thioether (sulfide) groups is 2. The van der Waals surface area contributed by atoms with Crippen molar-refractivity contribution in [1.29, 1.82) is 0 Å². The van der Waals surface area contributed by atoms with E-state index in [2.05, 4.69) is 15.5 Å². The number of fused-ring (bicyclic) bond motifs is 1. The molecule has 0 saturated carbocycles. The fourth-order valence-corrected chi connectivity index (χ4v) is 6.63. The van der Waals surface area contributed by atoms with E-state index in [-0.39, 0.29) is 22.2 Å². The lowest BCUT2D eigenvalue weighted by atomic mass is 10.0. The SMILES string of the molecule is Nc1nc(C(=NO)C(=O)N[C@@H]2C(=O)N3C(C(=O)O)=C(CSC4CCOC4)CS[C@H]23)cs1. The maximum absolute atomic E-state index is 12.7. The van der Waals surface area contributed by atoms with Gasteiger partial charge in [0.15, 0.2) is 10.8 Å². The zero-order valence-corrected chi connectivity index (χ0v) is 18.5. The molecular weight excluding hydrogens is 466 g/mol. The van der Waals surface area contributed by atoms with Crippen LogP contribution in [0.25, 0.3) is 0 Å². The summed E-state index contributed by atoms with van der Waals surface area (Å²) in [6.07, 6.45) is 0.923. The number of hydrogen-bond acceptors (Lipinski definition) is 11. The highest BCUT2D eigenvalue weighted by atomic mass is 32.2. The summed E-state index contributed by atoms with van der Waals surface area (Å²) in [6, 6.07) is -0.933. The van der Waals surface area contributed by atoms with Gasteiger partial charge >= 0.3 is 5.97 Å². The molecule has 2 fully saturated rings. The smallest absolute Gasteiger partial charge is 0.352 e. The summed E-state index contributed by atoms with van der Waals surface area (Å²) in [4.78, 5) is 42.3.